The number of rotatable bonds is 11. The molecule has 0 aliphatic carbocycles. The second-order valence-corrected chi connectivity index (χ2v) is 5.56. The predicted octanol–water partition coefficient (Wildman–Crippen LogP) is 5.48. The molecule has 1 heteroatoms. The number of hydrogen-bond donors (Lipinski definition) is 1. The molecule has 1 nitrogen and oxygen atoms in total. The normalized spacial score (nSPS) is 12.5. The van der Waals surface area contributed by atoms with E-state index in [4.69, 9.17) is 0 Å². The molecule has 0 fully saturated rings. The minimum absolute atomic E-state index is 0.478. The smallest absolute Gasteiger partial charge is 0.0291 e. The Morgan fingerprint density at radius 3 is 2.05 bits per heavy atom. The Morgan fingerprint density at radius 1 is 0.842 bits per heavy atom. The second kappa shape index (κ2) is 11.0. The summed E-state index contributed by atoms with van der Waals surface area (Å²) in [5, 5.41) is 3.61. The highest BCUT2D eigenvalue weighted by Gasteiger charge is 2.02. The standard InChI is InChI=1S/C18H31N/c1-3-4-5-6-7-8-9-13-16-19-17(2)18-14-11-10-12-15-18/h10-12,14-15,17,19H,3-9,13,16H2,1-2H3/t17-/m0/s1. The summed E-state index contributed by atoms with van der Waals surface area (Å²) in [7, 11) is 0. The molecule has 0 unspecified atom stereocenters. The van der Waals surface area contributed by atoms with Gasteiger partial charge in [-0.15, -0.1) is 0 Å². The lowest BCUT2D eigenvalue weighted by Gasteiger charge is -2.13. The van der Waals surface area contributed by atoms with Crippen LogP contribution in [-0.4, -0.2) is 6.54 Å². The Morgan fingerprint density at radius 2 is 1.42 bits per heavy atom. The summed E-state index contributed by atoms with van der Waals surface area (Å²) in [6.07, 6.45) is 11.1. The van der Waals surface area contributed by atoms with E-state index in [0.29, 0.717) is 6.04 Å². The number of hydrogen-bond acceptors (Lipinski definition) is 1. The van der Waals surface area contributed by atoms with E-state index in [1.807, 2.05) is 0 Å². The zero-order valence-electron chi connectivity index (χ0n) is 12.8. The molecule has 0 radical (unpaired) electrons. The van der Waals surface area contributed by atoms with Gasteiger partial charge in [0.1, 0.15) is 0 Å². The van der Waals surface area contributed by atoms with E-state index < -0.39 is 0 Å². The van der Waals surface area contributed by atoms with Crippen molar-refractivity contribution in [3.8, 4) is 0 Å². The Balaban J connectivity index is 1.93. The van der Waals surface area contributed by atoms with E-state index >= 15 is 0 Å². The molecule has 0 spiro atoms. The molecule has 0 bridgehead atoms. The van der Waals surface area contributed by atoms with Crippen LogP contribution in [0.2, 0.25) is 0 Å². The van der Waals surface area contributed by atoms with Crippen molar-refractivity contribution in [2.45, 2.75) is 71.3 Å². The maximum absolute atomic E-state index is 3.61. The van der Waals surface area contributed by atoms with Crippen LogP contribution in [0, 0.1) is 0 Å². The minimum atomic E-state index is 0.478. The first-order chi connectivity index (χ1) is 9.34. The van der Waals surface area contributed by atoms with E-state index in [1.54, 1.807) is 0 Å². The number of nitrogens with one attached hydrogen (secondary N) is 1. The van der Waals surface area contributed by atoms with Crippen LogP contribution in [0.25, 0.3) is 0 Å². The summed E-state index contributed by atoms with van der Waals surface area (Å²) >= 11 is 0. The van der Waals surface area contributed by atoms with Gasteiger partial charge in [-0.3, -0.25) is 0 Å². The van der Waals surface area contributed by atoms with Crippen LogP contribution >= 0.6 is 0 Å². The van der Waals surface area contributed by atoms with Gasteiger partial charge in [0.25, 0.3) is 0 Å². The average molecular weight is 261 g/mol. The molecule has 0 aliphatic heterocycles. The summed E-state index contributed by atoms with van der Waals surface area (Å²) < 4.78 is 0. The summed E-state index contributed by atoms with van der Waals surface area (Å²) in [4.78, 5) is 0. The maximum atomic E-state index is 3.61. The van der Waals surface area contributed by atoms with Gasteiger partial charge in [0.05, 0.1) is 0 Å². The lowest BCUT2D eigenvalue weighted by Crippen LogP contribution is -2.19. The molecule has 1 N–H and O–H groups in total. The lowest BCUT2D eigenvalue weighted by atomic mass is 10.1. The first kappa shape index (κ1) is 16.2. The van der Waals surface area contributed by atoms with Gasteiger partial charge in [-0.05, 0) is 25.5 Å². The van der Waals surface area contributed by atoms with Crippen molar-refractivity contribution in [2.75, 3.05) is 6.54 Å². The van der Waals surface area contributed by atoms with Crippen molar-refractivity contribution >= 4 is 0 Å². The molecule has 0 saturated carbocycles. The van der Waals surface area contributed by atoms with Gasteiger partial charge in [-0.2, -0.15) is 0 Å². The van der Waals surface area contributed by atoms with Crippen LogP contribution in [-0.2, 0) is 0 Å². The van der Waals surface area contributed by atoms with Crippen LogP contribution in [0.3, 0.4) is 0 Å². The fourth-order valence-electron chi connectivity index (χ4n) is 2.44. The number of unbranched alkanes of at least 4 members (excludes halogenated alkanes) is 7. The third kappa shape index (κ3) is 8.05. The van der Waals surface area contributed by atoms with E-state index in [1.165, 1.54) is 56.9 Å². The molecule has 1 atom stereocenters. The first-order valence-corrected chi connectivity index (χ1v) is 8.13. The van der Waals surface area contributed by atoms with Crippen molar-refractivity contribution in [2.24, 2.45) is 0 Å². The molecule has 0 aliphatic rings. The highest BCUT2D eigenvalue weighted by Crippen LogP contribution is 2.12. The Kier molecular flexibility index (Phi) is 9.44. The van der Waals surface area contributed by atoms with Gasteiger partial charge in [0.2, 0.25) is 0 Å². The van der Waals surface area contributed by atoms with Gasteiger partial charge in [-0.25, -0.2) is 0 Å². The SMILES string of the molecule is CCCCCCCCCCN[C@@H](C)c1ccccc1. The zero-order valence-corrected chi connectivity index (χ0v) is 12.8. The van der Waals surface area contributed by atoms with E-state index in [-0.39, 0.29) is 0 Å². The van der Waals surface area contributed by atoms with Crippen molar-refractivity contribution in [1.29, 1.82) is 0 Å². The van der Waals surface area contributed by atoms with Gasteiger partial charge < -0.3 is 5.32 Å². The van der Waals surface area contributed by atoms with Gasteiger partial charge in [0, 0.05) is 6.04 Å². The summed E-state index contributed by atoms with van der Waals surface area (Å²) in [5.74, 6) is 0. The zero-order chi connectivity index (χ0) is 13.8. The predicted molar refractivity (Wildman–Crippen MR) is 85.5 cm³/mol. The van der Waals surface area contributed by atoms with Gasteiger partial charge in [0.15, 0.2) is 0 Å². The lowest BCUT2D eigenvalue weighted by molar-refractivity contribution is 0.521. The van der Waals surface area contributed by atoms with Gasteiger partial charge >= 0.3 is 0 Å². The fraction of sp³-hybridized carbons (Fsp3) is 0.667. The molecule has 0 aromatic heterocycles. The highest BCUT2D eigenvalue weighted by atomic mass is 14.9. The molecule has 19 heavy (non-hydrogen) atoms. The molecule has 0 saturated heterocycles. The van der Waals surface area contributed by atoms with E-state index in [9.17, 15) is 0 Å². The molecular weight excluding hydrogens is 230 g/mol. The topological polar surface area (TPSA) is 12.0 Å². The van der Waals surface area contributed by atoms with Crippen LogP contribution in [0.15, 0.2) is 30.3 Å². The maximum Gasteiger partial charge on any atom is 0.0291 e. The Labute approximate surface area is 119 Å². The molecule has 1 rings (SSSR count). The van der Waals surface area contributed by atoms with Crippen LogP contribution < -0.4 is 5.32 Å². The van der Waals surface area contributed by atoms with Crippen LogP contribution in [0.4, 0.5) is 0 Å². The third-order valence-electron chi connectivity index (χ3n) is 3.78. The number of benzene rings is 1. The van der Waals surface area contributed by atoms with Crippen molar-refractivity contribution in [1.82, 2.24) is 5.32 Å². The Bertz CT molecular complexity index is 294. The molecule has 108 valence electrons. The Hall–Kier alpha value is -0.820. The first-order valence-electron chi connectivity index (χ1n) is 8.13. The average Bonchev–Trinajstić information content (AvgIpc) is 2.46. The monoisotopic (exact) mass is 261 g/mol. The van der Waals surface area contributed by atoms with Crippen molar-refractivity contribution in [3.63, 3.8) is 0 Å². The summed E-state index contributed by atoms with van der Waals surface area (Å²) in [6, 6.07) is 11.2. The van der Waals surface area contributed by atoms with Crippen LogP contribution in [0.1, 0.15) is 76.8 Å². The quantitative estimate of drug-likeness (QED) is 0.520. The molecule has 1 aromatic rings. The van der Waals surface area contributed by atoms with Crippen molar-refractivity contribution in [3.05, 3.63) is 35.9 Å². The minimum Gasteiger partial charge on any atom is -0.310 e. The van der Waals surface area contributed by atoms with E-state index in [0.717, 1.165) is 6.54 Å². The molecule has 0 heterocycles. The summed E-state index contributed by atoms with van der Waals surface area (Å²) in [5.41, 5.74) is 1.39. The van der Waals surface area contributed by atoms with E-state index in [2.05, 4.69) is 49.5 Å². The highest BCUT2D eigenvalue weighted by molar-refractivity contribution is 5.17. The summed E-state index contributed by atoms with van der Waals surface area (Å²) in [6.45, 7) is 5.67. The molecule has 0 amide bonds. The molecular formula is C18H31N. The molecule has 1 aromatic carbocycles. The van der Waals surface area contributed by atoms with Crippen molar-refractivity contribution < 1.29 is 0 Å². The largest absolute Gasteiger partial charge is 0.310 e. The van der Waals surface area contributed by atoms with Crippen LogP contribution in [0.5, 0.6) is 0 Å². The third-order valence-corrected chi connectivity index (χ3v) is 3.78. The van der Waals surface area contributed by atoms with Gasteiger partial charge in [-0.1, -0.05) is 82.2 Å². The second-order valence-electron chi connectivity index (χ2n) is 5.56. The fourth-order valence-corrected chi connectivity index (χ4v) is 2.44.